The van der Waals surface area contributed by atoms with Crippen LogP contribution in [-0.4, -0.2) is 14.2 Å². The predicted molar refractivity (Wildman–Crippen MR) is 98.9 cm³/mol. The van der Waals surface area contributed by atoms with Crippen LogP contribution in [-0.2, 0) is 16.3 Å². The summed E-state index contributed by atoms with van der Waals surface area (Å²) >= 11 is 3.43. The number of sulfone groups is 1. The molecule has 1 aliphatic heterocycles. The highest BCUT2D eigenvalue weighted by Crippen LogP contribution is 2.31. The monoisotopic (exact) mass is 388 g/mol. The van der Waals surface area contributed by atoms with Crippen LogP contribution in [0.1, 0.15) is 16.7 Å². The van der Waals surface area contributed by atoms with Gasteiger partial charge in [0, 0.05) is 9.88 Å². The zero-order valence-corrected chi connectivity index (χ0v) is 15.2. The van der Waals surface area contributed by atoms with Gasteiger partial charge in [-0.25, -0.2) is 8.42 Å². The summed E-state index contributed by atoms with van der Waals surface area (Å²) in [4.78, 5) is 0. The summed E-state index contributed by atoms with van der Waals surface area (Å²) in [6, 6.07) is 16.2. The first kappa shape index (κ1) is 16.2. The second-order valence-electron chi connectivity index (χ2n) is 5.76. The van der Waals surface area contributed by atoms with Gasteiger partial charge in [0.2, 0.25) is 0 Å². The van der Waals surface area contributed by atoms with Gasteiger partial charge in [-0.05, 0) is 47.8 Å². The van der Waals surface area contributed by atoms with Gasteiger partial charge in [-0.1, -0.05) is 64.0 Å². The maximum atomic E-state index is 12.0. The van der Waals surface area contributed by atoms with Gasteiger partial charge in [0.1, 0.15) is 0 Å². The number of hydrogen-bond acceptors (Lipinski definition) is 2. The molecule has 0 unspecified atom stereocenters. The van der Waals surface area contributed by atoms with E-state index in [0.29, 0.717) is 6.42 Å². The summed E-state index contributed by atoms with van der Waals surface area (Å²) in [5.74, 6) is 0.0653. The molecule has 0 N–H and O–H groups in total. The highest BCUT2D eigenvalue weighted by molar-refractivity contribution is 9.10. The molecule has 0 amide bonds. The smallest absolute Gasteiger partial charge is 0.175 e. The molecule has 2 aromatic rings. The van der Waals surface area contributed by atoms with Crippen LogP contribution in [0.4, 0.5) is 0 Å². The van der Waals surface area contributed by atoms with Crippen LogP contribution in [0.25, 0.3) is 5.57 Å². The Labute approximate surface area is 145 Å². The van der Waals surface area contributed by atoms with Crippen molar-refractivity contribution in [2.45, 2.75) is 13.3 Å². The molecule has 0 aliphatic carbocycles. The molecule has 2 nitrogen and oxygen atoms in total. The van der Waals surface area contributed by atoms with E-state index in [9.17, 15) is 8.42 Å². The number of aryl methyl sites for hydroxylation is 1. The fraction of sp³-hybridized carbons (Fsp3) is 0.158. The van der Waals surface area contributed by atoms with Gasteiger partial charge in [0.25, 0.3) is 0 Å². The predicted octanol–water partition coefficient (Wildman–Crippen LogP) is 4.70. The van der Waals surface area contributed by atoms with Crippen LogP contribution >= 0.6 is 15.9 Å². The molecule has 1 aliphatic rings. The number of benzene rings is 2. The second-order valence-corrected chi connectivity index (χ2v) is 8.57. The Balaban J connectivity index is 1.98. The number of hydrogen-bond donors (Lipinski definition) is 0. The highest BCUT2D eigenvalue weighted by atomic mass is 79.9. The molecule has 118 valence electrons. The van der Waals surface area contributed by atoms with Crippen molar-refractivity contribution in [1.29, 1.82) is 0 Å². The quantitative estimate of drug-likeness (QED) is 0.763. The summed E-state index contributed by atoms with van der Waals surface area (Å²) in [7, 11) is -3.16. The van der Waals surface area contributed by atoms with Crippen LogP contribution in [0.2, 0.25) is 0 Å². The van der Waals surface area contributed by atoms with E-state index in [1.807, 2.05) is 37.3 Å². The third-order valence-corrected chi connectivity index (χ3v) is 5.66. The molecule has 0 saturated heterocycles. The molecule has 0 bridgehead atoms. The molecular weight excluding hydrogens is 372 g/mol. The van der Waals surface area contributed by atoms with Crippen molar-refractivity contribution in [3.8, 4) is 0 Å². The maximum Gasteiger partial charge on any atom is 0.175 e. The van der Waals surface area contributed by atoms with E-state index in [4.69, 9.17) is 0 Å². The number of allylic oxidation sites excluding steroid dienone is 2. The largest absolute Gasteiger partial charge is 0.224 e. The first-order valence-electron chi connectivity index (χ1n) is 7.38. The molecule has 4 heteroatoms. The van der Waals surface area contributed by atoms with Crippen molar-refractivity contribution >= 4 is 31.3 Å². The third kappa shape index (κ3) is 4.01. The van der Waals surface area contributed by atoms with Gasteiger partial charge >= 0.3 is 0 Å². The SMILES string of the molecule is Cc1ccc(CC2=CS(=O)(=O)CC=C2c2ccc(Br)cc2)cc1. The Morgan fingerprint density at radius 1 is 1.00 bits per heavy atom. The lowest BCUT2D eigenvalue weighted by Gasteiger charge is -2.17. The highest BCUT2D eigenvalue weighted by Gasteiger charge is 2.19. The van der Waals surface area contributed by atoms with Gasteiger partial charge in [-0.15, -0.1) is 0 Å². The number of rotatable bonds is 3. The van der Waals surface area contributed by atoms with E-state index < -0.39 is 9.84 Å². The van der Waals surface area contributed by atoms with Gasteiger partial charge in [-0.3, -0.25) is 0 Å². The molecule has 0 radical (unpaired) electrons. The first-order chi connectivity index (χ1) is 10.9. The number of halogens is 1. The topological polar surface area (TPSA) is 34.1 Å². The van der Waals surface area contributed by atoms with Crippen molar-refractivity contribution in [2.75, 3.05) is 5.75 Å². The molecule has 0 fully saturated rings. The van der Waals surface area contributed by atoms with Crippen molar-refractivity contribution < 1.29 is 8.42 Å². The Hall–Kier alpha value is -1.65. The molecule has 3 rings (SSSR count). The first-order valence-corrected chi connectivity index (χ1v) is 9.89. The Bertz CT molecular complexity index is 874. The molecule has 23 heavy (non-hydrogen) atoms. The average molecular weight is 389 g/mol. The van der Waals surface area contributed by atoms with Gasteiger partial charge in [0.15, 0.2) is 9.84 Å². The molecule has 0 spiro atoms. The van der Waals surface area contributed by atoms with Crippen LogP contribution in [0.3, 0.4) is 0 Å². The van der Waals surface area contributed by atoms with Crippen LogP contribution in [0.15, 0.2) is 70.1 Å². The van der Waals surface area contributed by atoms with E-state index in [1.165, 1.54) is 11.0 Å². The summed E-state index contributed by atoms with van der Waals surface area (Å²) in [5.41, 5.74) is 5.21. The van der Waals surface area contributed by atoms with Crippen molar-refractivity contribution in [1.82, 2.24) is 0 Å². The minimum Gasteiger partial charge on any atom is -0.224 e. The lowest BCUT2D eigenvalue weighted by atomic mass is 9.93. The average Bonchev–Trinajstić information content (AvgIpc) is 2.50. The molecule has 0 atom stereocenters. The van der Waals surface area contributed by atoms with Crippen LogP contribution < -0.4 is 0 Å². The summed E-state index contributed by atoms with van der Waals surface area (Å²) in [6.45, 7) is 2.04. The Morgan fingerprint density at radius 3 is 2.30 bits per heavy atom. The van der Waals surface area contributed by atoms with E-state index in [1.54, 1.807) is 0 Å². The van der Waals surface area contributed by atoms with Crippen LogP contribution in [0, 0.1) is 6.92 Å². The zero-order chi connectivity index (χ0) is 16.4. The maximum absolute atomic E-state index is 12.0. The van der Waals surface area contributed by atoms with Crippen molar-refractivity contribution in [3.05, 3.63) is 86.8 Å². The minimum atomic E-state index is -3.16. The Kier molecular flexibility index (Phi) is 4.55. The molecular formula is C19H17BrO2S. The zero-order valence-electron chi connectivity index (χ0n) is 12.8. The lowest BCUT2D eigenvalue weighted by molar-refractivity contribution is 0.607. The van der Waals surface area contributed by atoms with Gasteiger partial charge in [-0.2, -0.15) is 0 Å². The molecule has 1 heterocycles. The van der Waals surface area contributed by atoms with E-state index in [0.717, 1.165) is 26.7 Å². The Morgan fingerprint density at radius 2 is 1.65 bits per heavy atom. The summed E-state index contributed by atoms with van der Waals surface area (Å²) < 4.78 is 25.0. The normalized spacial score (nSPS) is 16.6. The van der Waals surface area contributed by atoms with E-state index in [-0.39, 0.29) is 5.75 Å². The van der Waals surface area contributed by atoms with Crippen molar-refractivity contribution in [3.63, 3.8) is 0 Å². The summed E-state index contributed by atoms with van der Waals surface area (Å²) in [6.07, 6.45) is 2.43. The minimum absolute atomic E-state index is 0.0653. The summed E-state index contributed by atoms with van der Waals surface area (Å²) in [5, 5.41) is 1.43. The van der Waals surface area contributed by atoms with Crippen LogP contribution in [0.5, 0.6) is 0 Å². The second kappa shape index (κ2) is 6.46. The lowest BCUT2D eigenvalue weighted by Crippen LogP contribution is -2.10. The molecule has 0 aromatic heterocycles. The fourth-order valence-electron chi connectivity index (χ4n) is 2.65. The van der Waals surface area contributed by atoms with Gasteiger partial charge < -0.3 is 0 Å². The molecule has 2 aromatic carbocycles. The standard InChI is InChI=1S/C19H17BrO2S/c1-14-2-4-15(5-3-14)12-17-13-23(21,22)11-10-19(17)16-6-8-18(20)9-7-16/h2-10,13H,11-12H2,1H3. The van der Waals surface area contributed by atoms with E-state index >= 15 is 0 Å². The molecule has 0 saturated carbocycles. The van der Waals surface area contributed by atoms with E-state index in [2.05, 4.69) is 40.2 Å². The fourth-order valence-corrected chi connectivity index (χ4v) is 4.06. The van der Waals surface area contributed by atoms with Gasteiger partial charge in [0.05, 0.1) is 5.75 Å². The third-order valence-electron chi connectivity index (χ3n) is 3.86. The van der Waals surface area contributed by atoms with Crippen molar-refractivity contribution in [2.24, 2.45) is 0 Å².